The molecule has 1 aromatic heterocycles. The van der Waals surface area contributed by atoms with E-state index >= 15 is 0 Å². The Morgan fingerprint density at radius 3 is 2.40 bits per heavy atom. The summed E-state index contributed by atoms with van der Waals surface area (Å²) in [5.74, 6) is 0. The minimum absolute atomic E-state index is 0. The second kappa shape index (κ2) is 17.7. The molecule has 0 aliphatic heterocycles. The molecule has 0 atom stereocenters. The molecule has 1 heterocycles. The van der Waals surface area contributed by atoms with Crippen molar-refractivity contribution >= 4 is 26.6 Å². The minimum atomic E-state index is -0.113. The van der Waals surface area contributed by atoms with E-state index in [1.54, 1.807) is 6.33 Å². The zero-order valence-corrected chi connectivity index (χ0v) is 26.5. The van der Waals surface area contributed by atoms with E-state index in [1.807, 2.05) is 30.8 Å². The summed E-state index contributed by atoms with van der Waals surface area (Å²) < 4.78 is 1.54. The topological polar surface area (TPSA) is 46.9 Å². The summed E-state index contributed by atoms with van der Waals surface area (Å²) in [7, 11) is 0.716. The number of hydrogen-bond donors (Lipinski definition) is 1. The zero-order chi connectivity index (χ0) is 10.7. The molecule has 0 saturated carbocycles. The van der Waals surface area contributed by atoms with Crippen LogP contribution in [-0.2, 0) is 164 Å². The Morgan fingerprint density at radius 1 is 1.20 bits per heavy atom. The van der Waals surface area contributed by atoms with Crippen molar-refractivity contribution in [1.29, 1.82) is 0 Å². The number of imidazole rings is 1. The number of fused-ring (bicyclic) bond motifs is 1. The summed E-state index contributed by atoms with van der Waals surface area (Å²) in [6.45, 7) is 2.05. The van der Waals surface area contributed by atoms with E-state index in [0.717, 1.165) is 11.0 Å². The molecule has 0 saturated heterocycles. The first-order chi connectivity index (χ1) is 7.33. The van der Waals surface area contributed by atoms with Crippen LogP contribution in [0.25, 0.3) is 11.0 Å². The van der Waals surface area contributed by atoms with Gasteiger partial charge in [-0.15, -0.1) is 0 Å². The van der Waals surface area contributed by atoms with Crippen LogP contribution in [0.15, 0.2) is 30.6 Å². The van der Waals surface area contributed by atoms with E-state index in [1.165, 1.54) is 4.57 Å². The number of amides is 1. The van der Waals surface area contributed by atoms with Gasteiger partial charge in [0, 0.05) is 170 Å². The van der Waals surface area contributed by atoms with Crippen molar-refractivity contribution in [3.8, 4) is 0 Å². The first-order valence-corrected chi connectivity index (χ1v) is 6.38. The first kappa shape index (κ1) is 31.6. The maximum absolute atomic E-state index is 11.7. The third-order valence-electron chi connectivity index (χ3n) is 2.09. The van der Waals surface area contributed by atoms with E-state index in [2.05, 4.69) is 10.3 Å². The maximum Gasteiger partial charge on any atom is 0.327 e. The summed E-state index contributed by atoms with van der Waals surface area (Å²) >= 11 is 0. The van der Waals surface area contributed by atoms with E-state index in [-0.39, 0.29) is 170 Å². The number of carbonyl (C=O) groups is 1. The van der Waals surface area contributed by atoms with E-state index in [4.69, 9.17) is 0 Å². The van der Waals surface area contributed by atoms with Gasteiger partial charge in [0.1, 0.15) is 6.33 Å². The molecule has 1 N–H and O–H groups in total. The molecule has 0 spiro atoms. The molecule has 2 aromatic rings. The van der Waals surface area contributed by atoms with Gasteiger partial charge < -0.3 is 5.32 Å². The van der Waals surface area contributed by atoms with Crippen LogP contribution in [0, 0.1) is 0 Å². The van der Waals surface area contributed by atoms with E-state index in [0.29, 0.717) is 15.7 Å². The van der Waals surface area contributed by atoms with Crippen molar-refractivity contribution < 1.29 is 168 Å². The number of para-hydroxylation sites is 2. The molecular weight excluding hydrogens is 651 g/mol. The molecule has 0 fully saturated rings. The maximum atomic E-state index is 11.7. The van der Waals surface area contributed by atoms with Crippen molar-refractivity contribution in [1.82, 2.24) is 14.9 Å². The molecule has 20 heavy (non-hydrogen) atoms. The number of carbonyl (C=O) groups excluding carboxylic acids is 1. The fourth-order valence-electron chi connectivity index (χ4n) is 1.37. The van der Waals surface area contributed by atoms with Gasteiger partial charge >= 0.3 is 6.03 Å². The van der Waals surface area contributed by atoms with Crippen LogP contribution >= 0.6 is 0 Å². The second-order valence-corrected chi connectivity index (χ2v) is 4.18. The van der Waals surface area contributed by atoms with Crippen molar-refractivity contribution in [2.24, 2.45) is 0 Å². The molecule has 4 nitrogen and oxygen atoms in total. The number of benzene rings is 1. The van der Waals surface area contributed by atoms with Crippen LogP contribution in [-0.4, -0.2) is 31.3 Å². The van der Waals surface area contributed by atoms with Crippen molar-refractivity contribution in [2.75, 3.05) is 6.17 Å². The largest absolute Gasteiger partial charge is 0.341 e. The average molecular weight is 662 g/mol. The molecular formula is C10H11N3OSiY5. The summed E-state index contributed by atoms with van der Waals surface area (Å²) in [6, 6.07) is 7.47. The Labute approximate surface area is 247 Å². The van der Waals surface area contributed by atoms with Gasteiger partial charge in [-0.1, -0.05) is 18.7 Å². The van der Waals surface area contributed by atoms with Crippen molar-refractivity contribution in [3.63, 3.8) is 0 Å². The van der Waals surface area contributed by atoms with Gasteiger partial charge in [-0.2, -0.15) is 0 Å². The third kappa shape index (κ3) is 9.40. The van der Waals surface area contributed by atoms with Crippen LogP contribution in [0.1, 0.15) is 0 Å². The van der Waals surface area contributed by atoms with Crippen LogP contribution in [0.5, 0.6) is 0 Å². The Kier molecular flexibility index (Phi) is 28.0. The number of aromatic nitrogens is 2. The summed E-state index contributed by atoms with van der Waals surface area (Å²) in [5, 5.41) is 2.82. The van der Waals surface area contributed by atoms with Gasteiger partial charge in [0.25, 0.3) is 0 Å². The number of rotatable bonds is 2. The number of nitrogens with one attached hydrogen (secondary N) is 1. The van der Waals surface area contributed by atoms with Crippen molar-refractivity contribution in [3.05, 3.63) is 30.6 Å². The van der Waals surface area contributed by atoms with Crippen molar-refractivity contribution in [2.45, 2.75) is 6.55 Å². The second-order valence-electron chi connectivity index (χ2n) is 3.12. The molecule has 1 aromatic carbocycles. The van der Waals surface area contributed by atoms with E-state index in [9.17, 15) is 4.79 Å². The van der Waals surface area contributed by atoms with Gasteiger partial charge in [-0.05, 0) is 12.1 Å². The Morgan fingerprint density at radius 2 is 1.80 bits per heavy atom. The van der Waals surface area contributed by atoms with Crippen LogP contribution in [0.2, 0.25) is 6.55 Å². The predicted molar refractivity (Wildman–Crippen MR) is 60.1 cm³/mol. The van der Waals surface area contributed by atoms with Crippen LogP contribution in [0.4, 0.5) is 4.79 Å². The number of nitrogens with zero attached hydrogens (tertiary/aromatic N) is 2. The minimum Gasteiger partial charge on any atom is -0.341 e. The first-order valence-electron chi connectivity index (χ1n) is 4.68. The van der Waals surface area contributed by atoms with Crippen LogP contribution in [0.3, 0.4) is 0 Å². The summed E-state index contributed by atoms with van der Waals surface area (Å²) in [4.78, 5) is 15.8. The fourth-order valence-corrected chi connectivity index (χ4v) is 1.70. The molecule has 0 aliphatic carbocycles. The average Bonchev–Trinajstić information content (AvgIpc) is 2.69. The normalized spacial score (nSPS) is 7.85. The fraction of sp³-hybridized carbons (Fsp3) is 0.200. The van der Waals surface area contributed by atoms with Gasteiger partial charge in [-0.25, -0.2) is 9.78 Å². The Hall–Kier alpha value is 3.90. The molecule has 10 heteroatoms. The van der Waals surface area contributed by atoms with Gasteiger partial charge in [0.2, 0.25) is 0 Å². The third-order valence-corrected chi connectivity index (χ3v) is 2.62. The Balaban J connectivity index is -0.000000256. The zero-order valence-electron chi connectivity index (χ0n) is 11.3. The molecule has 2 rings (SSSR count). The molecule has 0 unspecified atom stereocenters. The Bertz CT molecular complexity index is 496. The molecule has 0 bridgehead atoms. The molecule has 0 aliphatic rings. The van der Waals surface area contributed by atoms with Gasteiger partial charge in [0.05, 0.1) is 20.6 Å². The SMILES string of the molecule is C[Si]CNC(=O)n1cnc2ccccc21.[Y].[Y].[Y].[Y].[Y]. The number of hydrogen-bond acceptors (Lipinski definition) is 2. The quantitative estimate of drug-likeness (QED) is 0.494. The molecule has 1 amide bonds. The van der Waals surface area contributed by atoms with Crippen LogP contribution < -0.4 is 5.32 Å². The summed E-state index contributed by atoms with van der Waals surface area (Å²) in [6.07, 6.45) is 2.27. The van der Waals surface area contributed by atoms with E-state index < -0.39 is 0 Å². The molecule has 7 radical (unpaired) electrons. The van der Waals surface area contributed by atoms with Gasteiger partial charge in [-0.3, -0.25) is 4.57 Å². The summed E-state index contributed by atoms with van der Waals surface area (Å²) in [5.41, 5.74) is 1.68. The monoisotopic (exact) mass is 662 g/mol. The standard InChI is InChI=1S/C10H11N3OSi.5Y/c1-15-7-12-10(14)13-6-11-8-4-2-3-5-9(8)13;;;;;/h2-6H,7H2,1H3,(H,12,14);;;;;. The predicted octanol–water partition coefficient (Wildman–Crippen LogP) is 1.29. The van der Waals surface area contributed by atoms with Gasteiger partial charge in [0.15, 0.2) is 0 Å². The smallest absolute Gasteiger partial charge is 0.327 e. The molecule has 91 valence electrons.